The van der Waals surface area contributed by atoms with Gasteiger partial charge in [0, 0.05) is 26.7 Å². The molecular formula is C41H64O12. The van der Waals surface area contributed by atoms with Crippen molar-refractivity contribution >= 4 is 17.9 Å². The van der Waals surface area contributed by atoms with Crippen molar-refractivity contribution in [2.75, 3.05) is 6.61 Å². The first kappa shape index (κ1) is 39.4. The van der Waals surface area contributed by atoms with Crippen molar-refractivity contribution in [3.8, 4) is 0 Å². The lowest BCUT2D eigenvalue weighted by Crippen LogP contribution is -2.64. The minimum absolute atomic E-state index is 0.0500. The third-order valence-electron chi connectivity index (χ3n) is 16.3. The third-order valence-corrected chi connectivity index (χ3v) is 16.3. The Kier molecular flexibility index (Phi) is 9.36. The second-order valence-corrected chi connectivity index (χ2v) is 20.0. The zero-order valence-corrected chi connectivity index (χ0v) is 33.4. The summed E-state index contributed by atoms with van der Waals surface area (Å²) in [5.41, 5.74) is -2.45. The fourth-order valence-electron chi connectivity index (χ4n) is 14.4. The van der Waals surface area contributed by atoms with Crippen LogP contribution in [-0.2, 0) is 42.8 Å². The maximum atomic E-state index is 12.4. The summed E-state index contributed by atoms with van der Waals surface area (Å²) in [6.07, 6.45) is 1.34. The largest absolute Gasteiger partial charge is 0.456 e. The molecule has 5 saturated carbocycles. The van der Waals surface area contributed by atoms with Crippen molar-refractivity contribution in [1.29, 1.82) is 0 Å². The number of carbonyl (C=O) groups is 3. The van der Waals surface area contributed by atoms with E-state index < -0.39 is 71.3 Å². The van der Waals surface area contributed by atoms with Gasteiger partial charge in [0.2, 0.25) is 0 Å². The zero-order valence-electron chi connectivity index (χ0n) is 33.4. The highest BCUT2D eigenvalue weighted by atomic mass is 16.7. The molecule has 0 aromatic rings. The van der Waals surface area contributed by atoms with E-state index in [1.165, 1.54) is 20.8 Å². The second kappa shape index (κ2) is 12.6. The average molecular weight is 749 g/mol. The number of rotatable bonds is 7. The summed E-state index contributed by atoms with van der Waals surface area (Å²) in [7, 11) is 0. The van der Waals surface area contributed by atoms with Crippen LogP contribution in [0.3, 0.4) is 0 Å². The molecule has 3 N–H and O–H groups in total. The Morgan fingerprint density at radius 3 is 2.00 bits per heavy atom. The van der Waals surface area contributed by atoms with Crippen molar-refractivity contribution in [3.05, 3.63) is 0 Å². The van der Waals surface area contributed by atoms with Crippen molar-refractivity contribution in [2.24, 2.45) is 44.8 Å². The van der Waals surface area contributed by atoms with E-state index in [-0.39, 0.29) is 58.2 Å². The predicted molar refractivity (Wildman–Crippen MR) is 190 cm³/mol. The van der Waals surface area contributed by atoms with Gasteiger partial charge >= 0.3 is 17.9 Å². The molecule has 2 aliphatic heterocycles. The van der Waals surface area contributed by atoms with Gasteiger partial charge in [0.05, 0.1) is 42.2 Å². The van der Waals surface area contributed by atoms with Gasteiger partial charge in [0.1, 0.15) is 0 Å². The van der Waals surface area contributed by atoms with Gasteiger partial charge in [-0.05, 0) is 117 Å². The molecule has 53 heavy (non-hydrogen) atoms. The molecule has 0 amide bonds. The molecule has 0 aromatic heterocycles. The minimum Gasteiger partial charge on any atom is -0.456 e. The number of fused-ring (bicyclic) bond motifs is 2. The van der Waals surface area contributed by atoms with E-state index in [2.05, 4.69) is 34.6 Å². The second-order valence-electron chi connectivity index (χ2n) is 20.0. The molecule has 16 unspecified atom stereocenters. The lowest BCUT2D eigenvalue weighted by molar-refractivity contribution is -0.311. The summed E-state index contributed by atoms with van der Waals surface area (Å²) < 4.78 is 36.2. The Bertz CT molecular complexity index is 1490. The Morgan fingerprint density at radius 2 is 1.40 bits per heavy atom. The molecule has 7 aliphatic rings. The van der Waals surface area contributed by atoms with Crippen molar-refractivity contribution in [1.82, 2.24) is 0 Å². The van der Waals surface area contributed by atoms with Gasteiger partial charge in [-0.25, -0.2) is 0 Å². The molecule has 7 fully saturated rings. The van der Waals surface area contributed by atoms with Crippen molar-refractivity contribution in [2.45, 2.75) is 187 Å². The number of ether oxygens (including phenoxy) is 6. The standard InChI is InChI=1S/C41H64O12/c1-21(42)49-26-19-48-34(31(51-23(3)44)30(26)50-22(2)43)52-28-12-14-41-20-40(41)16-15-37(8)33(39(10)13-11-29(53-39)36(6,7)47)25(46)18-38(37,9)27(40)17-24(45)32(41)35(28,4)5/h24-34,45-47H,11-20H2,1-10H3. The molecule has 0 aromatic carbocycles. The van der Waals surface area contributed by atoms with Gasteiger partial charge in [-0.2, -0.15) is 0 Å². The molecule has 2 heterocycles. The van der Waals surface area contributed by atoms with Gasteiger partial charge in [0.15, 0.2) is 24.6 Å². The third kappa shape index (κ3) is 5.76. The number of hydrogen-bond donors (Lipinski definition) is 3. The maximum absolute atomic E-state index is 12.4. The average Bonchev–Trinajstić information content (AvgIpc) is 3.37. The van der Waals surface area contributed by atoms with E-state index in [1.807, 2.05) is 0 Å². The van der Waals surface area contributed by atoms with Crippen LogP contribution in [0.1, 0.15) is 127 Å². The highest BCUT2D eigenvalue weighted by Crippen LogP contribution is 2.89. The summed E-state index contributed by atoms with van der Waals surface area (Å²) >= 11 is 0. The molecule has 12 heteroatoms. The first-order valence-electron chi connectivity index (χ1n) is 20.0. The predicted octanol–water partition coefficient (Wildman–Crippen LogP) is 4.61. The SMILES string of the molecule is CC(=O)OC1COC(OC2CCC34CC35CCC3(C)C(C6(C)CCC(C(C)(C)O)O6)C(O)CC3(C)C5CC(O)C4C2(C)C)C(OC(C)=O)C1OC(C)=O. The molecule has 16 atom stereocenters. The molecule has 7 rings (SSSR count). The summed E-state index contributed by atoms with van der Waals surface area (Å²) in [4.78, 5) is 36.4. The van der Waals surface area contributed by atoms with E-state index in [4.69, 9.17) is 28.4 Å². The van der Waals surface area contributed by atoms with Crippen LogP contribution in [0, 0.1) is 44.8 Å². The quantitative estimate of drug-likeness (QED) is 0.188. The minimum atomic E-state index is -1.17. The number of esters is 3. The molecule has 5 aliphatic carbocycles. The van der Waals surface area contributed by atoms with Gasteiger partial charge in [-0.15, -0.1) is 0 Å². The van der Waals surface area contributed by atoms with Crippen LogP contribution in [0.4, 0.5) is 0 Å². The van der Waals surface area contributed by atoms with E-state index >= 15 is 0 Å². The Hall–Kier alpha value is -1.83. The topological polar surface area (TPSA) is 167 Å². The Labute approximate surface area is 314 Å². The fraction of sp³-hybridized carbons (Fsp3) is 0.927. The van der Waals surface area contributed by atoms with Gasteiger partial charge < -0.3 is 43.7 Å². The smallest absolute Gasteiger partial charge is 0.303 e. The van der Waals surface area contributed by atoms with Gasteiger partial charge in [-0.3, -0.25) is 14.4 Å². The van der Waals surface area contributed by atoms with Crippen LogP contribution < -0.4 is 0 Å². The molecule has 300 valence electrons. The van der Waals surface area contributed by atoms with Crippen LogP contribution in [0.15, 0.2) is 0 Å². The molecule has 0 bridgehead atoms. The summed E-state index contributed by atoms with van der Waals surface area (Å²) in [5, 5.41) is 35.2. The first-order valence-corrected chi connectivity index (χ1v) is 20.0. The summed E-state index contributed by atoms with van der Waals surface area (Å²) in [5.74, 6) is -1.72. The number of aliphatic hydroxyl groups excluding tert-OH is 2. The van der Waals surface area contributed by atoms with Crippen LogP contribution in [-0.4, -0.2) is 100 Å². The fourth-order valence-corrected chi connectivity index (χ4v) is 14.4. The van der Waals surface area contributed by atoms with Gasteiger partial charge in [0.25, 0.3) is 0 Å². The number of carbonyl (C=O) groups excluding carboxylic acids is 3. The zero-order chi connectivity index (χ0) is 38.9. The molecular weight excluding hydrogens is 684 g/mol. The monoisotopic (exact) mass is 748 g/mol. The molecule has 2 spiro atoms. The van der Waals surface area contributed by atoms with Crippen LogP contribution in [0.2, 0.25) is 0 Å². The van der Waals surface area contributed by atoms with Crippen LogP contribution in [0.5, 0.6) is 0 Å². The van der Waals surface area contributed by atoms with E-state index in [9.17, 15) is 29.7 Å². The van der Waals surface area contributed by atoms with E-state index in [0.717, 1.165) is 38.5 Å². The summed E-state index contributed by atoms with van der Waals surface area (Å²) in [6, 6.07) is 0. The number of aliphatic hydroxyl groups is 3. The first-order chi connectivity index (χ1) is 24.5. The van der Waals surface area contributed by atoms with Crippen molar-refractivity contribution in [3.63, 3.8) is 0 Å². The van der Waals surface area contributed by atoms with Crippen LogP contribution in [0.25, 0.3) is 0 Å². The van der Waals surface area contributed by atoms with Crippen molar-refractivity contribution < 1.29 is 58.1 Å². The molecule has 0 radical (unpaired) electrons. The van der Waals surface area contributed by atoms with E-state index in [1.54, 1.807) is 13.8 Å². The maximum Gasteiger partial charge on any atom is 0.303 e. The van der Waals surface area contributed by atoms with Gasteiger partial charge in [-0.1, -0.05) is 27.7 Å². The highest BCUT2D eigenvalue weighted by molar-refractivity contribution is 5.68. The molecule has 12 nitrogen and oxygen atoms in total. The lowest BCUT2D eigenvalue weighted by atomic mass is 9.41. The Balaban J connectivity index is 1.14. The highest BCUT2D eigenvalue weighted by Gasteiger charge is 2.85. The lowest BCUT2D eigenvalue weighted by Gasteiger charge is -2.64. The normalized spacial score (nSPS) is 51.2. The van der Waals surface area contributed by atoms with E-state index in [0.29, 0.717) is 19.3 Å². The molecule has 2 saturated heterocycles. The Morgan fingerprint density at radius 1 is 0.755 bits per heavy atom. The van der Waals surface area contributed by atoms with Crippen LogP contribution >= 0.6 is 0 Å². The number of hydrogen-bond acceptors (Lipinski definition) is 12. The summed E-state index contributed by atoms with van der Waals surface area (Å²) in [6.45, 7) is 18.5.